The summed E-state index contributed by atoms with van der Waals surface area (Å²) in [5.41, 5.74) is 1.23. The molecule has 6 heteroatoms. The van der Waals surface area contributed by atoms with Crippen LogP contribution in [0.5, 0.6) is 11.5 Å². The zero-order chi connectivity index (χ0) is 14.7. The van der Waals surface area contributed by atoms with Gasteiger partial charge < -0.3 is 14.8 Å². The van der Waals surface area contributed by atoms with Crippen molar-refractivity contribution in [1.29, 1.82) is 0 Å². The summed E-state index contributed by atoms with van der Waals surface area (Å²) in [6.45, 7) is 4.33. The Balaban J connectivity index is 0.00000132. The molecule has 0 radical (unpaired) electrons. The van der Waals surface area contributed by atoms with Gasteiger partial charge in [0.25, 0.3) is 0 Å². The molecule has 1 saturated heterocycles. The van der Waals surface area contributed by atoms with E-state index in [-0.39, 0.29) is 24.8 Å². The van der Waals surface area contributed by atoms with Crippen molar-refractivity contribution in [3.8, 4) is 11.5 Å². The number of nitrogens with one attached hydrogen (secondary N) is 1. The standard InChI is InChI=1S/C17H26N2O2.2ClH/c1-20-15-4-3-5-16(21-2)17(15)14(12-13-6-7-13)19-10-8-18-9-11-19;;/h3-5,13-14,18H,6-12H2,1-2H3;2*1H/t14-;;/m0../s1. The number of hydrogen-bond acceptors (Lipinski definition) is 4. The van der Waals surface area contributed by atoms with Crippen molar-refractivity contribution in [3.05, 3.63) is 23.8 Å². The quantitative estimate of drug-likeness (QED) is 0.841. The molecular weight excluding hydrogens is 335 g/mol. The molecular formula is C17H28Cl2N2O2. The molecule has 0 spiro atoms. The van der Waals surface area contributed by atoms with Gasteiger partial charge in [0.05, 0.1) is 19.8 Å². The number of methoxy groups -OCH3 is 2. The number of piperazine rings is 1. The SMILES string of the molecule is COc1cccc(OC)c1[C@H](CC1CC1)N1CCNCC1.Cl.Cl. The fourth-order valence-electron chi connectivity index (χ4n) is 3.32. The molecule has 0 unspecified atom stereocenters. The first kappa shape index (κ1) is 20.4. The summed E-state index contributed by atoms with van der Waals surface area (Å²) in [4.78, 5) is 2.59. The highest BCUT2D eigenvalue weighted by atomic mass is 35.5. The lowest BCUT2D eigenvalue weighted by atomic mass is 9.96. The lowest BCUT2D eigenvalue weighted by Gasteiger charge is -2.36. The van der Waals surface area contributed by atoms with E-state index < -0.39 is 0 Å². The minimum absolute atomic E-state index is 0. The van der Waals surface area contributed by atoms with Gasteiger partial charge in [-0.1, -0.05) is 18.9 Å². The van der Waals surface area contributed by atoms with Gasteiger partial charge in [-0.25, -0.2) is 0 Å². The molecule has 0 amide bonds. The van der Waals surface area contributed by atoms with Gasteiger partial charge in [0.15, 0.2) is 0 Å². The summed E-state index contributed by atoms with van der Waals surface area (Å²) in [7, 11) is 3.51. The lowest BCUT2D eigenvalue weighted by Crippen LogP contribution is -2.45. The molecule has 1 aliphatic heterocycles. The van der Waals surface area contributed by atoms with Crippen LogP contribution in [-0.2, 0) is 0 Å². The predicted octanol–water partition coefficient (Wildman–Crippen LogP) is 3.29. The fourth-order valence-corrected chi connectivity index (χ4v) is 3.32. The Morgan fingerprint density at radius 3 is 2.13 bits per heavy atom. The van der Waals surface area contributed by atoms with E-state index in [4.69, 9.17) is 9.47 Å². The maximum Gasteiger partial charge on any atom is 0.127 e. The highest BCUT2D eigenvalue weighted by molar-refractivity contribution is 5.85. The van der Waals surface area contributed by atoms with E-state index in [9.17, 15) is 0 Å². The first-order valence-corrected chi connectivity index (χ1v) is 7.99. The van der Waals surface area contributed by atoms with Gasteiger partial charge in [-0.2, -0.15) is 0 Å². The van der Waals surface area contributed by atoms with Crippen LogP contribution in [0.15, 0.2) is 18.2 Å². The molecule has 1 aromatic rings. The number of nitrogens with zero attached hydrogens (tertiary/aromatic N) is 1. The van der Waals surface area contributed by atoms with E-state index in [0.29, 0.717) is 6.04 Å². The number of rotatable bonds is 6. The van der Waals surface area contributed by atoms with Crippen LogP contribution in [0, 0.1) is 5.92 Å². The van der Waals surface area contributed by atoms with Crippen molar-refractivity contribution >= 4 is 24.8 Å². The average Bonchev–Trinajstić information content (AvgIpc) is 3.37. The van der Waals surface area contributed by atoms with Gasteiger partial charge in [-0.15, -0.1) is 24.8 Å². The summed E-state index contributed by atoms with van der Waals surface area (Å²) in [5.74, 6) is 2.79. The highest BCUT2D eigenvalue weighted by Gasteiger charge is 2.33. The lowest BCUT2D eigenvalue weighted by molar-refractivity contribution is 0.155. The van der Waals surface area contributed by atoms with Crippen LogP contribution in [-0.4, -0.2) is 45.3 Å². The molecule has 1 saturated carbocycles. The first-order valence-electron chi connectivity index (χ1n) is 7.99. The summed E-state index contributed by atoms with van der Waals surface area (Å²) in [6.07, 6.45) is 3.97. The van der Waals surface area contributed by atoms with Gasteiger partial charge in [0, 0.05) is 32.2 Å². The summed E-state index contributed by atoms with van der Waals surface area (Å²) in [5, 5.41) is 3.44. The molecule has 1 N–H and O–H groups in total. The summed E-state index contributed by atoms with van der Waals surface area (Å²) in [6, 6.07) is 6.53. The number of benzene rings is 1. The minimum Gasteiger partial charge on any atom is -0.496 e. The Bertz CT molecular complexity index is 455. The second-order valence-corrected chi connectivity index (χ2v) is 6.06. The monoisotopic (exact) mass is 362 g/mol. The number of hydrogen-bond donors (Lipinski definition) is 1. The molecule has 1 atom stereocenters. The van der Waals surface area contributed by atoms with Gasteiger partial charge in [-0.3, -0.25) is 4.90 Å². The molecule has 1 aliphatic carbocycles. The van der Waals surface area contributed by atoms with Gasteiger partial charge in [0.1, 0.15) is 11.5 Å². The molecule has 1 heterocycles. The Morgan fingerprint density at radius 2 is 1.65 bits per heavy atom. The third kappa shape index (κ3) is 4.90. The van der Waals surface area contributed by atoms with Crippen LogP contribution in [0.1, 0.15) is 30.9 Å². The van der Waals surface area contributed by atoms with E-state index in [1.165, 1.54) is 24.8 Å². The maximum atomic E-state index is 5.64. The molecule has 2 fully saturated rings. The van der Waals surface area contributed by atoms with E-state index >= 15 is 0 Å². The Labute approximate surface area is 151 Å². The van der Waals surface area contributed by atoms with Crippen molar-refractivity contribution in [2.75, 3.05) is 40.4 Å². The summed E-state index contributed by atoms with van der Waals surface area (Å²) < 4.78 is 11.3. The largest absolute Gasteiger partial charge is 0.496 e. The molecule has 1 aromatic carbocycles. The van der Waals surface area contributed by atoms with Crippen LogP contribution in [0.2, 0.25) is 0 Å². The predicted molar refractivity (Wildman–Crippen MR) is 98.6 cm³/mol. The molecule has 3 rings (SSSR count). The molecule has 2 aliphatic rings. The molecule has 0 bridgehead atoms. The zero-order valence-electron chi connectivity index (χ0n) is 13.9. The summed E-state index contributed by atoms with van der Waals surface area (Å²) >= 11 is 0. The number of ether oxygens (including phenoxy) is 2. The van der Waals surface area contributed by atoms with Crippen LogP contribution in [0.3, 0.4) is 0 Å². The van der Waals surface area contributed by atoms with E-state index in [1.54, 1.807) is 14.2 Å². The number of halogens is 2. The van der Waals surface area contributed by atoms with E-state index in [2.05, 4.69) is 22.3 Å². The molecule has 4 nitrogen and oxygen atoms in total. The Hall–Kier alpha value is -0.680. The third-order valence-electron chi connectivity index (χ3n) is 4.65. The van der Waals surface area contributed by atoms with Gasteiger partial charge >= 0.3 is 0 Å². The van der Waals surface area contributed by atoms with Crippen LogP contribution >= 0.6 is 24.8 Å². The van der Waals surface area contributed by atoms with Crippen molar-refractivity contribution in [2.24, 2.45) is 5.92 Å². The normalized spacial score (nSPS) is 19.2. The van der Waals surface area contributed by atoms with Crippen molar-refractivity contribution in [3.63, 3.8) is 0 Å². The first-order chi connectivity index (χ1) is 10.3. The van der Waals surface area contributed by atoms with Crippen LogP contribution < -0.4 is 14.8 Å². The second-order valence-electron chi connectivity index (χ2n) is 6.06. The smallest absolute Gasteiger partial charge is 0.127 e. The minimum atomic E-state index is 0. The van der Waals surface area contributed by atoms with E-state index in [1.807, 2.05) is 6.07 Å². The molecule has 132 valence electrons. The molecule has 23 heavy (non-hydrogen) atoms. The van der Waals surface area contributed by atoms with E-state index in [0.717, 1.165) is 43.6 Å². The van der Waals surface area contributed by atoms with Gasteiger partial charge in [-0.05, 0) is 24.5 Å². The van der Waals surface area contributed by atoms with Crippen molar-refractivity contribution < 1.29 is 9.47 Å². The van der Waals surface area contributed by atoms with Crippen LogP contribution in [0.4, 0.5) is 0 Å². The van der Waals surface area contributed by atoms with Crippen molar-refractivity contribution in [1.82, 2.24) is 10.2 Å². The fraction of sp³-hybridized carbons (Fsp3) is 0.647. The average molecular weight is 363 g/mol. The van der Waals surface area contributed by atoms with Crippen molar-refractivity contribution in [2.45, 2.75) is 25.3 Å². The highest BCUT2D eigenvalue weighted by Crippen LogP contribution is 2.45. The van der Waals surface area contributed by atoms with Gasteiger partial charge in [0.2, 0.25) is 0 Å². The Morgan fingerprint density at radius 1 is 1.09 bits per heavy atom. The Kier molecular flexibility index (Phi) is 8.48. The zero-order valence-corrected chi connectivity index (χ0v) is 15.5. The topological polar surface area (TPSA) is 33.7 Å². The second kappa shape index (κ2) is 9.58. The molecule has 0 aromatic heterocycles. The maximum absolute atomic E-state index is 5.64. The third-order valence-corrected chi connectivity index (χ3v) is 4.65. The van der Waals surface area contributed by atoms with Crippen LogP contribution in [0.25, 0.3) is 0 Å².